The highest BCUT2D eigenvalue weighted by Crippen LogP contribution is 2.35. The van der Waals surface area contributed by atoms with Crippen molar-refractivity contribution in [2.75, 3.05) is 29.0 Å². The van der Waals surface area contributed by atoms with Gasteiger partial charge in [-0.2, -0.15) is 0 Å². The number of halogens is 3. The van der Waals surface area contributed by atoms with Crippen LogP contribution in [-0.4, -0.2) is 39.6 Å². The molecule has 11 heteroatoms. The number of benzene rings is 3. The van der Waals surface area contributed by atoms with Gasteiger partial charge in [0.05, 0.1) is 38.3 Å². The van der Waals surface area contributed by atoms with Crippen LogP contribution in [0.25, 0.3) is 0 Å². The molecule has 0 atom stereocenters. The maximum atomic E-state index is 12.8. The van der Waals surface area contributed by atoms with Gasteiger partial charge in [0, 0.05) is 6.54 Å². The lowest BCUT2D eigenvalue weighted by atomic mass is 10.1. The van der Waals surface area contributed by atoms with Crippen molar-refractivity contribution < 1.29 is 18.0 Å². The molecule has 0 radical (unpaired) electrons. The van der Waals surface area contributed by atoms with Gasteiger partial charge in [-0.1, -0.05) is 77.3 Å². The molecule has 0 aliphatic carbocycles. The molecule has 35 heavy (non-hydrogen) atoms. The Labute approximate surface area is 219 Å². The fourth-order valence-corrected chi connectivity index (χ4v) is 4.81. The maximum absolute atomic E-state index is 12.8. The van der Waals surface area contributed by atoms with Gasteiger partial charge in [0.2, 0.25) is 15.9 Å². The molecule has 0 aliphatic rings. The minimum absolute atomic E-state index is 0.00524. The number of hydrogen-bond acceptors (Lipinski definition) is 4. The summed E-state index contributed by atoms with van der Waals surface area (Å²) in [6.45, 7) is -0.191. The first kappa shape index (κ1) is 26.8. The summed E-state index contributed by atoms with van der Waals surface area (Å²) in [5.41, 5.74) is 1.57. The van der Waals surface area contributed by atoms with Gasteiger partial charge < -0.3 is 10.6 Å². The predicted molar refractivity (Wildman–Crippen MR) is 141 cm³/mol. The third kappa shape index (κ3) is 7.35. The van der Waals surface area contributed by atoms with E-state index in [-0.39, 0.29) is 37.9 Å². The van der Waals surface area contributed by atoms with Crippen molar-refractivity contribution in [1.29, 1.82) is 0 Å². The molecule has 0 unspecified atom stereocenters. The molecule has 3 aromatic carbocycles. The number of para-hydroxylation sites is 1. The molecule has 2 N–H and O–H groups in total. The number of amides is 2. The highest BCUT2D eigenvalue weighted by Gasteiger charge is 2.25. The van der Waals surface area contributed by atoms with E-state index in [9.17, 15) is 18.0 Å². The number of carbonyl (C=O) groups excluding carboxylic acids is 2. The Balaban J connectivity index is 1.73. The molecule has 0 saturated heterocycles. The standard InChI is InChI=1S/C24H22Cl3N3O4S/c1-35(33,34)30(22-14-19(26)18(25)13-20(22)27)15-23(31)29-21-10-6-5-9-17(21)24(32)28-12-11-16-7-3-2-4-8-16/h2-10,13-14H,11-12,15H2,1H3,(H,28,32)(H,29,31). The molecular weight excluding hydrogens is 533 g/mol. The Morgan fingerprint density at radius 1 is 0.886 bits per heavy atom. The van der Waals surface area contributed by atoms with Crippen LogP contribution in [0.2, 0.25) is 15.1 Å². The number of anilines is 2. The molecule has 0 aliphatic heterocycles. The second-order valence-electron chi connectivity index (χ2n) is 7.57. The van der Waals surface area contributed by atoms with Crippen molar-refractivity contribution >= 4 is 68.0 Å². The topological polar surface area (TPSA) is 95.6 Å². The highest BCUT2D eigenvalue weighted by molar-refractivity contribution is 7.92. The first-order valence-electron chi connectivity index (χ1n) is 10.4. The first-order valence-corrected chi connectivity index (χ1v) is 13.4. The van der Waals surface area contributed by atoms with E-state index >= 15 is 0 Å². The first-order chi connectivity index (χ1) is 16.6. The molecule has 0 aromatic heterocycles. The van der Waals surface area contributed by atoms with E-state index in [2.05, 4.69) is 10.6 Å². The van der Waals surface area contributed by atoms with E-state index in [4.69, 9.17) is 34.8 Å². The largest absolute Gasteiger partial charge is 0.352 e. The number of hydrogen-bond donors (Lipinski definition) is 2. The van der Waals surface area contributed by atoms with Gasteiger partial charge in [-0.25, -0.2) is 8.42 Å². The molecule has 3 aromatic rings. The quantitative estimate of drug-likeness (QED) is 0.363. The van der Waals surface area contributed by atoms with Crippen LogP contribution in [0.3, 0.4) is 0 Å². The predicted octanol–water partition coefficient (Wildman–Crippen LogP) is 5.02. The Hall–Kier alpha value is -2.78. The van der Waals surface area contributed by atoms with Crippen LogP contribution in [0.4, 0.5) is 11.4 Å². The zero-order chi connectivity index (χ0) is 25.6. The molecule has 0 saturated carbocycles. The Bertz CT molecular complexity index is 1340. The summed E-state index contributed by atoms with van der Waals surface area (Å²) >= 11 is 18.1. The van der Waals surface area contributed by atoms with Crippen LogP contribution in [0, 0.1) is 0 Å². The monoisotopic (exact) mass is 553 g/mol. The van der Waals surface area contributed by atoms with Gasteiger partial charge in [-0.05, 0) is 36.2 Å². The lowest BCUT2D eigenvalue weighted by molar-refractivity contribution is -0.114. The Morgan fingerprint density at radius 3 is 2.20 bits per heavy atom. The van der Waals surface area contributed by atoms with Crippen LogP contribution in [0.5, 0.6) is 0 Å². The summed E-state index contributed by atoms with van der Waals surface area (Å²) in [6, 6.07) is 18.7. The zero-order valence-corrected chi connectivity index (χ0v) is 21.7. The van der Waals surface area contributed by atoms with Gasteiger partial charge in [0.15, 0.2) is 0 Å². The summed E-state index contributed by atoms with van der Waals surface area (Å²) in [7, 11) is -3.92. The molecule has 0 fully saturated rings. The highest BCUT2D eigenvalue weighted by atomic mass is 35.5. The Morgan fingerprint density at radius 2 is 1.51 bits per heavy atom. The van der Waals surface area contributed by atoms with Crippen molar-refractivity contribution in [3.63, 3.8) is 0 Å². The molecule has 184 valence electrons. The summed E-state index contributed by atoms with van der Waals surface area (Å²) < 4.78 is 25.7. The van der Waals surface area contributed by atoms with E-state index < -0.39 is 22.5 Å². The Kier molecular flexibility index (Phi) is 9.02. The van der Waals surface area contributed by atoms with Crippen LogP contribution in [0.15, 0.2) is 66.7 Å². The van der Waals surface area contributed by atoms with Crippen molar-refractivity contribution in [1.82, 2.24) is 5.32 Å². The van der Waals surface area contributed by atoms with E-state index in [1.54, 1.807) is 24.3 Å². The molecular formula is C24H22Cl3N3O4S. The molecule has 0 bridgehead atoms. The summed E-state index contributed by atoms with van der Waals surface area (Å²) in [5, 5.41) is 5.67. The number of nitrogens with zero attached hydrogens (tertiary/aromatic N) is 1. The normalized spacial score (nSPS) is 11.1. The van der Waals surface area contributed by atoms with E-state index in [0.717, 1.165) is 16.1 Å². The summed E-state index contributed by atoms with van der Waals surface area (Å²) in [5.74, 6) is -1.05. The average Bonchev–Trinajstić information content (AvgIpc) is 2.80. The number of nitrogens with one attached hydrogen (secondary N) is 2. The number of sulfonamides is 1. The smallest absolute Gasteiger partial charge is 0.253 e. The second kappa shape index (κ2) is 11.8. The van der Waals surface area contributed by atoms with Crippen molar-refractivity contribution in [2.45, 2.75) is 6.42 Å². The fraction of sp³-hybridized carbons (Fsp3) is 0.167. The minimum Gasteiger partial charge on any atom is -0.352 e. The summed E-state index contributed by atoms with van der Waals surface area (Å²) in [6.07, 6.45) is 1.59. The SMILES string of the molecule is CS(=O)(=O)N(CC(=O)Nc1ccccc1C(=O)NCCc1ccccc1)c1cc(Cl)c(Cl)cc1Cl. The second-order valence-corrected chi connectivity index (χ2v) is 10.7. The third-order valence-corrected chi connectivity index (χ3v) is 7.09. The minimum atomic E-state index is -3.92. The van der Waals surface area contributed by atoms with Crippen LogP contribution in [0.1, 0.15) is 15.9 Å². The maximum Gasteiger partial charge on any atom is 0.253 e. The van der Waals surface area contributed by atoms with E-state index in [0.29, 0.717) is 13.0 Å². The molecule has 2 amide bonds. The zero-order valence-electron chi connectivity index (χ0n) is 18.6. The van der Waals surface area contributed by atoms with E-state index in [1.807, 2.05) is 30.3 Å². The van der Waals surface area contributed by atoms with Crippen molar-refractivity contribution in [3.8, 4) is 0 Å². The third-order valence-electron chi connectivity index (χ3n) is 4.93. The van der Waals surface area contributed by atoms with Gasteiger partial charge in [-0.15, -0.1) is 0 Å². The fourth-order valence-electron chi connectivity index (χ4n) is 3.25. The van der Waals surface area contributed by atoms with Crippen LogP contribution in [-0.2, 0) is 21.2 Å². The molecule has 0 heterocycles. The summed E-state index contributed by atoms with van der Waals surface area (Å²) in [4.78, 5) is 25.6. The molecule has 7 nitrogen and oxygen atoms in total. The number of rotatable bonds is 9. The molecule has 3 rings (SSSR count). The lowest BCUT2D eigenvalue weighted by Gasteiger charge is -2.23. The van der Waals surface area contributed by atoms with Crippen molar-refractivity contribution in [2.24, 2.45) is 0 Å². The van der Waals surface area contributed by atoms with Gasteiger partial charge >= 0.3 is 0 Å². The van der Waals surface area contributed by atoms with Crippen LogP contribution < -0.4 is 14.9 Å². The average molecular weight is 555 g/mol. The molecule has 0 spiro atoms. The number of carbonyl (C=O) groups is 2. The van der Waals surface area contributed by atoms with Crippen LogP contribution >= 0.6 is 34.8 Å². The van der Waals surface area contributed by atoms with Gasteiger partial charge in [0.1, 0.15) is 6.54 Å². The lowest BCUT2D eigenvalue weighted by Crippen LogP contribution is -2.38. The van der Waals surface area contributed by atoms with Crippen molar-refractivity contribution in [3.05, 3.63) is 92.9 Å². The van der Waals surface area contributed by atoms with E-state index in [1.165, 1.54) is 12.1 Å². The van der Waals surface area contributed by atoms with Gasteiger partial charge in [-0.3, -0.25) is 13.9 Å². The van der Waals surface area contributed by atoms with Gasteiger partial charge in [0.25, 0.3) is 5.91 Å².